The summed E-state index contributed by atoms with van der Waals surface area (Å²) in [6, 6.07) is 14.0. The summed E-state index contributed by atoms with van der Waals surface area (Å²) in [6.45, 7) is -0.326. The number of benzene rings is 1. The topological polar surface area (TPSA) is 85.6 Å². The molecule has 1 fully saturated rings. The summed E-state index contributed by atoms with van der Waals surface area (Å²) in [4.78, 5) is 37.0. The lowest BCUT2D eigenvalue weighted by molar-refractivity contribution is 0.0479. The molecule has 3 aromatic rings. The van der Waals surface area contributed by atoms with Gasteiger partial charge in [0.05, 0.1) is 11.3 Å². The van der Waals surface area contributed by atoms with E-state index in [4.69, 9.17) is 9.15 Å². The minimum Gasteiger partial charge on any atom is -0.459 e. The Bertz CT molecular complexity index is 1050. The summed E-state index contributed by atoms with van der Waals surface area (Å²) in [7, 11) is 0. The molecule has 0 unspecified atom stereocenters. The molecule has 0 atom stereocenters. The van der Waals surface area contributed by atoms with E-state index in [1.165, 1.54) is 43.9 Å². The van der Waals surface area contributed by atoms with E-state index in [2.05, 4.69) is 5.32 Å². The maximum absolute atomic E-state index is 12.4. The zero-order chi connectivity index (χ0) is 21.6. The molecule has 2 aromatic heterocycles. The average molecular weight is 438 g/mol. The van der Waals surface area contributed by atoms with Gasteiger partial charge < -0.3 is 14.5 Å². The molecule has 0 spiro atoms. The minimum atomic E-state index is -0.601. The first-order chi connectivity index (χ1) is 15.1. The van der Waals surface area contributed by atoms with Crippen LogP contribution in [0, 0.1) is 0 Å². The van der Waals surface area contributed by atoms with Crippen LogP contribution in [0.25, 0.3) is 0 Å². The number of carbonyl (C=O) groups is 3. The summed E-state index contributed by atoms with van der Waals surface area (Å²) in [5.74, 6) is -0.490. The summed E-state index contributed by atoms with van der Waals surface area (Å²) >= 11 is 1.07. The zero-order valence-electron chi connectivity index (χ0n) is 17.0. The van der Waals surface area contributed by atoms with Gasteiger partial charge in [0.1, 0.15) is 4.88 Å². The Morgan fingerprint density at radius 2 is 1.77 bits per heavy atom. The quantitative estimate of drug-likeness (QED) is 0.380. The van der Waals surface area contributed by atoms with E-state index >= 15 is 0 Å². The molecule has 160 valence electrons. The fourth-order valence-electron chi connectivity index (χ4n) is 3.76. The van der Waals surface area contributed by atoms with Gasteiger partial charge in [-0.25, -0.2) is 4.79 Å². The number of furan rings is 1. The molecule has 0 saturated heterocycles. The van der Waals surface area contributed by atoms with E-state index in [1.807, 2.05) is 24.3 Å². The highest BCUT2D eigenvalue weighted by molar-refractivity contribution is 7.18. The third-order valence-corrected chi connectivity index (χ3v) is 6.41. The van der Waals surface area contributed by atoms with Crippen LogP contribution in [0.4, 0.5) is 5.00 Å². The van der Waals surface area contributed by atoms with Crippen LogP contribution in [0.2, 0.25) is 0 Å². The molecule has 1 saturated carbocycles. The zero-order valence-corrected chi connectivity index (χ0v) is 17.8. The van der Waals surface area contributed by atoms with Gasteiger partial charge in [-0.15, -0.1) is 11.3 Å². The van der Waals surface area contributed by atoms with Crippen LogP contribution in [0.15, 0.2) is 59.2 Å². The van der Waals surface area contributed by atoms with Gasteiger partial charge in [-0.05, 0) is 48.6 Å². The third-order valence-electron chi connectivity index (χ3n) is 5.43. The van der Waals surface area contributed by atoms with Crippen molar-refractivity contribution in [2.24, 2.45) is 0 Å². The standard InChI is InChI=1S/C24H23NO5S/c26-19(18-10-8-17(9-11-18)16-5-2-1-3-6-16)15-30-24(28)21-12-13-22(31-21)25-23(27)20-7-4-14-29-20/h4,7-14,16H,1-3,5-6,15H2,(H,25,27). The highest BCUT2D eigenvalue weighted by Crippen LogP contribution is 2.32. The van der Waals surface area contributed by atoms with Crippen molar-refractivity contribution >= 4 is 34.0 Å². The van der Waals surface area contributed by atoms with E-state index in [9.17, 15) is 14.4 Å². The van der Waals surface area contributed by atoms with Gasteiger partial charge in [0.25, 0.3) is 5.91 Å². The van der Waals surface area contributed by atoms with Crippen LogP contribution in [0.3, 0.4) is 0 Å². The van der Waals surface area contributed by atoms with Gasteiger partial charge in [-0.1, -0.05) is 43.5 Å². The number of thiophene rings is 1. The van der Waals surface area contributed by atoms with Crippen molar-refractivity contribution in [2.75, 3.05) is 11.9 Å². The van der Waals surface area contributed by atoms with Crippen LogP contribution in [0.1, 0.15) is 74.2 Å². The summed E-state index contributed by atoms with van der Waals surface area (Å²) in [6.07, 6.45) is 7.65. The fourth-order valence-corrected chi connectivity index (χ4v) is 4.55. The molecule has 0 aliphatic heterocycles. The van der Waals surface area contributed by atoms with Gasteiger partial charge in [-0.2, -0.15) is 0 Å². The SMILES string of the molecule is O=C(COC(=O)c1ccc(NC(=O)c2ccco2)s1)c1ccc(C2CCCCC2)cc1. The van der Waals surface area contributed by atoms with Gasteiger partial charge in [0.2, 0.25) is 0 Å². The first-order valence-electron chi connectivity index (χ1n) is 10.3. The van der Waals surface area contributed by atoms with Gasteiger partial charge in [0, 0.05) is 5.56 Å². The van der Waals surface area contributed by atoms with Crippen molar-refractivity contribution in [2.45, 2.75) is 38.0 Å². The van der Waals surface area contributed by atoms with Gasteiger partial charge >= 0.3 is 5.97 Å². The van der Waals surface area contributed by atoms with Crippen LogP contribution < -0.4 is 5.32 Å². The third kappa shape index (κ3) is 5.30. The molecule has 1 aromatic carbocycles. The molecule has 0 radical (unpaired) electrons. The van der Waals surface area contributed by atoms with E-state index in [0.717, 1.165) is 11.3 Å². The number of amides is 1. The molecule has 1 N–H and O–H groups in total. The molecule has 7 heteroatoms. The molecule has 6 nitrogen and oxygen atoms in total. The monoisotopic (exact) mass is 437 g/mol. The first kappa shape index (κ1) is 21.1. The predicted octanol–water partition coefficient (Wildman–Crippen LogP) is 5.68. The normalized spacial score (nSPS) is 14.2. The van der Waals surface area contributed by atoms with Crippen LogP contribution in [0.5, 0.6) is 0 Å². The number of nitrogens with one attached hydrogen (secondary N) is 1. The molecule has 1 aliphatic rings. The maximum atomic E-state index is 12.4. The van der Waals surface area contributed by atoms with E-state index in [-0.39, 0.29) is 18.2 Å². The summed E-state index contributed by atoms with van der Waals surface area (Å²) < 4.78 is 10.2. The Kier molecular flexibility index (Phi) is 6.62. The Balaban J connectivity index is 1.29. The van der Waals surface area contributed by atoms with E-state index in [0.29, 0.717) is 21.4 Å². The second-order valence-electron chi connectivity index (χ2n) is 7.55. The largest absolute Gasteiger partial charge is 0.459 e. The molecular formula is C24H23NO5S. The van der Waals surface area contributed by atoms with E-state index in [1.54, 1.807) is 24.3 Å². The first-order valence-corrected chi connectivity index (χ1v) is 11.2. The molecule has 0 bridgehead atoms. The van der Waals surface area contributed by atoms with Crippen molar-refractivity contribution < 1.29 is 23.5 Å². The number of hydrogen-bond donors (Lipinski definition) is 1. The molecule has 4 rings (SSSR count). The number of ether oxygens (including phenoxy) is 1. The maximum Gasteiger partial charge on any atom is 0.348 e. The Labute approximate surface area is 184 Å². The number of carbonyl (C=O) groups excluding carboxylic acids is 3. The predicted molar refractivity (Wildman–Crippen MR) is 118 cm³/mol. The Hall–Kier alpha value is -3.19. The average Bonchev–Trinajstić information content (AvgIpc) is 3.50. The highest BCUT2D eigenvalue weighted by atomic mass is 32.1. The highest BCUT2D eigenvalue weighted by Gasteiger charge is 2.18. The lowest BCUT2D eigenvalue weighted by atomic mass is 9.84. The number of esters is 1. The van der Waals surface area contributed by atoms with Gasteiger partial charge in [-0.3, -0.25) is 9.59 Å². The number of rotatable bonds is 7. The van der Waals surface area contributed by atoms with Crippen LogP contribution in [-0.2, 0) is 4.74 Å². The van der Waals surface area contributed by atoms with Gasteiger partial charge in [0.15, 0.2) is 18.2 Å². The molecule has 2 heterocycles. The smallest absolute Gasteiger partial charge is 0.348 e. The van der Waals surface area contributed by atoms with Crippen molar-refractivity contribution in [1.82, 2.24) is 0 Å². The van der Waals surface area contributed by atoms with Crippen LogP contribution >= 0.6 is 11.3 Å². The number of ketones is 1. The number of hydrogen-bond acceptors (Lipinski definition) is 6. The number of anilines is 1. The summed E-state index contributed by atoms with van der Waals surface area (Å²) in [5.41, 5.74) is 1.81. The van der Waals surface area contributed by atoms with Crippen molar-refractivity contribution in [3.05, 3.63) is 76.6 Å². The van der Waals surface area contributed by atoms with Crippen molar-refractivity contribution in [1.29, 1.82) is 0 Å². The molecule has 1 aliphatic carbocycles. The number of Topliss-reactive ketones (excluding diaryl/α,β-unsaturated/α-hetero) is 1. The molecule has 31 heavy (non-hydrogen) atoms. The second kappa shape index (κ2) is 9.75. The van der Waals surface area contributed by atoms with Crippen LogP contribution in [-0.4, -0.2) is 24.3 Å². The molecular weight excluding hydrogens is 414 g/mol. The van der Waals surface area contributed by atoms with Crippen molar-refractivity contribution in [3.8, 4) is 0 Å². The lowest BCUT2D eigenvalue weighted by Gasteiger charge is -2.22. The Morgan fingerprint density at radius 1 is 1.00 bits per heavy atom. The second-order valence-corrected chi connectivity index (χ2v) is 8.64. The van der Waals surface area contributed by atoms with Crippen molar-refractivity contribution in [3.63, 3.8) is 0 Å². The molecule has 1 amide bonds. The Morgan fingerprint density at radius 3 is 2.48 bits per heavy atom. The summed E-state index contributed by atoms with van der Waals surface area (Å²) in [5, 5.41) is 3.14. The fraction of sp³-hybridized carbons (Fsp3) is 0.292. The van der Waals surface area contributed by atoms with E-state index < -0.39 is 11.9 Å². The lowest BCUT2D eigenvalue weighted by Crippen LogP contribution is -2.14. The minimum absolute atomic E-state index is 0.178.